The average molecular weight is 464 g/mol. The first-order chi connectivity index (χ1) is 14.8. The summed E-state index contributed by atoms with van der Waals surface area (Å²) in [6, 6.07) is 0. The number of unbranched alkanes of at least 4 members (excludes halogenated alkanes) is 10. The number of halogens is 1. The highest BCUT2D eigenvalue weighted by Gasteiger charge is 2.05. The van der Waals surface area contributed by atoms with Crippen molar-refractivity contribution in [1.82, 2.24) is 0 Å². The first-order valence-corrected chi connectivity index (χ1v) is 12.5. The van der Waals surface area contributed by atoms with Crippen LogP contribution < -0.4 is 0 Å². The Kier molecular flexibility index (Phi) is 23.1. The fourth-order valence-electron chi connectivity index (χ4n) is 3.05. The van der Waals surface area contributed by atoms with Crippen molar-refractivity contribution in [2.24, 2.45) is 5.92 Å². The molecule has 0 rings (SSSR count). The molecule has 1 unspecified atom stereocenters. The van der Waals surface area contributed by atoms with Gasteiger partial charge in [-0.05, 0) is 78.5 Å². The fraction of sp³-hybridized carbons (Fsp3) is 0.586. The van der Waals surface area contributed by atoms with Gasteiger partial charge >= 0.3 is 0 Å². The maximum Gasteiger partial charge on any atom is 0.0213 e. The van der Waals surface area contributed by atoms with Crippen LogP contribution in [-0.2, 0) is 0 Å². The van der Waals surface area contributed by atoms with E-state index in [2.05, 4.69) is 88.0 Å². The van der Waals surface area contributed by atoms with E-state index in [9.17, 15) is 0 Å². The molecule has 0 aromatic carbocycles. The summed E-state index contributed by atoms with van der Waals surface area (Å²) in [4.78, 5) is 0. The minimum Gasteiger partial charge on any atom is -0.106 e. The second kappa shape index (κ2) is 24.9. The summed E-state index contributed by atoms with van der Waals surface area (Å²) in [6.45, 7) is 2.27. The molecule has 0 amide bonds. The summed E-state index contributed by atoms with van der Waals surface area (Å²) in [5.41, 5.74) is 0. The minimum atomic E-state index is 0.454. The number of terminal acetylenes is 1. The maximum absolute atomic E-state index is 5.00. The highest BCUT2D eigenvalue weighted by atomic mass is 79.9. The SMILES string of the molecule is C#CC#CC#CC#CC#CC#CC(CCCCCCBr)CCCCCCCCCC. The van der Waals surface area contributed by atoms with Gasteiger partial charge in [-0.25, -0.2) is 0 Å². The number of alkyl halides is 1. The van der Waals surface area contributed by atoms with E-state index in [4.69, 9.17) is 6.42 Å². The highest BCUT2D eigenvalue weighted by molar-refractivity contribution is 9.09. The molecule has 0 aliphatic rings. The van der Waals surface area contributed by atoms with Crippen LogP contribution in [0.4, 0.5) is 0 Å². The molecule has 1 atom stereocenters. The molecule has 0 N–H and O–H groups in total. The molecule has 158 valence electrons. The van der Waals surface area contributed by atoms with Gasteiger partial charge in [-0.3, -0.25) is 0 Å². The molecule has 0 saturated carbocycles. The zero-order valence-corrected chi connectivity index (χ0v) is 20.2. The van der Waals surface area contributed by atoms with Crippen LogP contribution in [-0.4, -0.2) is 5.33 Å². The zero-order valence-electron chi connectivity index (χ0n) is 18.6. The number of hydrogen-bond donors (Lipinski definition) is 0. The Hall–Kier alpha value is -2.16. The molecule has 1 heteroatoms. The monoisotopic (exact) mass is 462 g/mol. The van der Waals surface area contributed by atoms with Crippen LogP contribution >= 0.6 is 15.9 Å². The molecule has 0 nitrogen and oxygen atoms in total. The Balaban J connectivity index is 4.38. The van der Waals surface area contributed by atoms with Crippen LogP contribution in [0.5, 0.6) is 0 Å². The van der Waals surface area contributed by atoms with Crippen molar-refractivity contribution in [3.05, 3.63) is 0 Å². The van der Waals surface area contributed by atoms with Crippen LogP contribution in [0.2, 0.25) is 0 Å². The van der Waals surface area contributed by atoms with Crippen molar-refractivity contribution in [3.8, 4) is 71.5 Å². The van der Waals surface area contributed by atoms with Crippen molar-refractivity contribution in [3.63, 3.8) is 0 Å². The van der Waals surface area contributed by atoms with E-state index in [1.165, 1.54) is 89.9 Å². The molecular formula is C29H35Br. The second-order valence-electron chi connectivity index (χ2n) is 7.27. The normalized spacial score (nSPS) is 9.50. The van der Waals surface area contributed by atoms with Gasteiger partial charge in [0.15, 0.2) is 0 Å². The first-order valence-electron chi connectivity index (χ1n) is 11.4. The third-order valence-electron chi connectivity index (χ3n) is 4.69. The van der Waals surface area contributed by atoms with Gasteiger partial charge in [0.25, 0.3) is 0 Å². The Morgan fingerprint density at radius 3 is 1.50 bits per heavy atom. The molecule has 0 spiro atoms. The third-order valence-corrected chi connectivity index (χ3v) is 5.25. The largest absolute Gasteiger partial charge is 0.106 e. The molecule has 0 saturated heterocycles. The van der Waals surface area contributed by atoms with Crippen molar-refractivity contribution in [2.45, 2.75) is 96.8 Å². The Labute approximate surface area is 195 Å². The predicted octanol–water partition coefficient (Wildman–Crippen LogP) is 7.13. The molecule has 0 aromatic rings. The Morgan fingerprint density at radius 1 is 0.567 bits per heavy atom. The molecule has 0 radical (unpaired) electrons. The van der Waals surface area contributed by atoms with Gasteiger partial charge in [0, 0.05) is 11.2 Å². The van der Waals surface area contributed by atoms with E-state index >= 15 is 0 Å². The summed E-state index contributed by atoms with van der Waals surface area (Å²) >= 11 is 3.50. The first kappa shape index (κ1) is 27.8. The number of hydrogen-bond acceptors (Lipinski definition) is 0. The van der Waals surface area contributed by atoms with Gasteiger partial charge in [0.2, 0.25) is 0 Å². The summed E-state index contributed by atoms with van der Waals surface area (Å²) in [5.74, 6) is 29.9. The van der Waals surface area contributed by atoms with Crippen LogP contribution in [0.1, 0.15) is 96.8 Å². The van der Waals surface area contributed by atoms with Crippen LogP contribution in [0.15, 0.2) is 0 Å². The van der Waals surface area contributed by atoms with Gasteiger partial charge in [-0.2, -0.15) is 0 Å². The van der Waals surface area contributed by atoms with Crippen molar-refractivity contribution in [2.75, 3.05) is 5.33 Å². The van der Waals surface area contributed by atoms with Crippen LogP contribution in [0.25, 0.3) is 0 Å². The highest BCUT2D eigenvalue weighted by Crippen LogP contribution is 2.18. The molecule has 30 heavy (non-hydrogen) atoms. The van der Waals surface area contributed by atoms with Crippen molar-refractivity contribution < 1.29 is 0 Å². The Morgan fingerprint density at radius 2 is 1.00 bits per heavy atom. The van der Waals surface area contributed by atoms with E-state index in [0.717, 1.165) is 5.33 Å². The smallest absolute Gasteiger partial charge is 0.0213 e. The fourth-order valence-corrected chi connectivity index (χ4v) is 3.44. The van der Waals surface area contributed by atoms with Crippen molar-refractivity contribution >= 4 is 15.9 Å². The molecule has 0 aromatic heterocycles. The lowest BCUT2D eigenvalue weighted by molar-refractivity contribution is 0.478. The summed E-state index contributed by atoms with van der Waals surface area (Å²) in [7, 11) is 0. The maximum atomic E-state index is 5.00. The second-order valence-corrected chi connectivity index (χ2v) is 8.06. The minimum absolute atomic E-state index is 0.454. The van der Waals surface area contributed by atoms with Gasteiger partial charge in [0.05, 0.1) is 0 Å². The molecule has 0 heterocycles. The van der Waals surface area contributed by atoms with E-state index in [1.807, 2.05) is 0 Å². The molecule has 0 aliphatic carbocycles. The zero-order chi connectivity index (χ0) is 22.0. The lowest BCUT2D eigenvalue weighted by Gasteiger charge is -2.10. The number of rotatable bonds is 15. The quantitative estimate of drug-likeness (QED) is 0.138. The molecule has 0 fully saturated rings. The standard InChI is InChI=1S/C29H35Br/c1-3-5-7-9-11-13-14-16-18-22-26-29(27-23-19-20-24-28-30)25-21-17-15-12-10-8-6-4-2/h1,29H,4,6,8,10,12,15,17,19-21,23-25,27-28H2,2H3. The van der Waals surface area contributed by atoms with E-state index in [-0.39, 0.29) is 0 Å². The predicted molar refractivity (Wildman–Crippen MR) is 135 cm³/mol. The van der Waals surface area contributed by atoms with E-state index in [1.54, 1.807) is 0 Å². The Bertz CT molecular complexity index is 768. The molecule has 0 aliphatic heterocycles. The summed E-state index contributed by atoms with van der Waals surface area (Å²) in [5, 5.41) is 1.10. The third kappa shape index (κ3) is 22.1. The summed E-state index contributed by atoms with van der Waals surface area (Å²) in [6.07, 6.45) is 23.3. The lowest BCUT2D eigenvalue weighted by Crippen LogP contribution is -1.98. The lowest BCUT2D eigenvalue weighted by atomic mass is 9.94. The molecular weight excluding hydrogens is 428 g/mol. The van der Waals surface area contributed by atoms with Gasteiger partial charge in [-0.1, -0.05) is 99.4 Å². The van der Waals surface area contributed by atoms with E-state index in [0.29, 0.717) is 5.92 Å². The van der Waals surface area contributed by atoms with Gasteiger partial charge in [0.1, 0.15) is 0 Å². The van der Waals surface area contributed by atoms with E-state index < -0.39 is 0 Å². The van der Waals surface area contributed by atoms with Crippen LogP contribution in [0, 0.1) is 77.5 Å². The average Bonchev–Trinajstić information content (AvgIpc) is 2.76. The van der Waals surface area contributed by atoms with Gasteiger partial charge in [-0.15, -0.1) is 6.42 Å². The molecule has 0 bridgehead atoms. The van der Waals surface area contributed by atoms with Crippen LogP contribution in [0.3, 0.4) is 0 Å². The van der Waals surface area contributed by atoms with Gasteiger partial charge < -0.3 is 0 Å². The van der Waals surface area contributed by atoms with Crippen molar-refractivity contribution in [1.29, 1.82) is 0 Å². The summed E-state index contributed by atoms with van der Waals surface area (Å²) < 4.78 is 0. The topological polar surface area (TPSA) is 0 Å².